The number of H-pyrrole nitrogens is 1. The Balaban J connectivity index is 1.86. The first-order valence-electron chi connectivity index (χ1n) is 7.06. The molecule has 9 heteroatoms. The van der Waals surface area contributed by atoms with Crippen LogP contribution in [-0.2, 0) is 6.54 Å². The highest BCUT2D eigenvalue weighted by atomic mass is 16.6. The van der Waals surface area contributed by atoms with E-state index in [0.29, 0.717) is 5.82 Å². The van der Waals surface area contributed by atoms with Gasteiger partial charge in [0, 0.05) is 6.07 Å². The van der Waals surface area contributed by atoms with Crippen LogP contribution in [0.25, 0.3) is 11.0 Å². The predicted octanol–water partition coefficient (Wildman–Crippen LogP) is 3.30. The molecule has 122 valence electrons. The minimum Gasteiger partial charge on any atom is -0.372 e. The molecule has 0 unspecified atom stereocenters. The topological polar surface area (TPSA) is 127 Å². The first kappa shape index (κ1) is 15.4. The van der Waals surface area contributed by atoms with Crippen LogP contribution >= 0.6 is 0 Å². The molecule has 2 N–H and O–H groups in total. The number of aryl methyl sites for hydroxylation is 1. The molecular formula is C15H13N5O4. The number of aromatic amines is 1. The molecule has 9 nitrogen and oxygen atoms in total. The van der Waals surface area contributed by atoms with Crippen molar-refractivity contribution >= 4 is 28.1 Å². The lowest BCUT2D eigenvalue weighted by atomic mass is 10.2. The maximum atomic E-state index is 11.1. The van der Waals surface area contributed by atoms with Crippen LogP contribution in [0, 0.1) is 27.2 Å². The van der Waals surface area contributed by atoms with E-state index in [1.54, 1.807) is 0 Å². The zero-order valence-corrected chi connectivity index (χ0v) is 12.6. The van der Waals surface area contributed by atoms with E-state index in [0.717, 1.165) is 22.7 Å². The maximum absolute atomic E-state index is 11.1. The zero-order chi connectivity index (χ0) is 17.3. The fraction of sp³-hybridized carbons (Fsp3) is 0.133. The normalized spacial score (nSPS) is 10.7. The third-order valence-corrected chi connectivity index (χ3v) is 3.60. The average Bonchev–Trinajstić information content (AvgIpc) is 2.97. The van der Waals surface area contributed by atoms with Crippen LogP contribution in [0.1, 0.15) is 11.4 Å². The first-order chi connectivity index (χ1) is 11.5. The number of anilines is 1. The van der Waals surface area contributed by atoms with Gasteiger partial charge in [-0.05, 0) is 24.6 Å². The van der Waals surface area contributed by atoms with Gasteiger partial charge in [0.15, 0.2) is 0 Å². The molecule has 0 bridgehead atoms. The molecule has 0 amide bonds. The number of rotatable bonds is 5. The average molecular weight is 327 g/mol. The van der Waals surface area contributed by atoms with Gasteiger partial charge in [-0.15, -0.1) is 0 Å². The van der Waals surface area contributed by atoms with Crippen molar-refractivity contribution in [3.05, 3.63) is 68.0 Å². The number of aromatic nitrogens is 2. The second-order valence-electron chi connectivity index (χ2n) is 5.22. The van der Waals surface area contributed by atoms with Crippen LogP contribution in [0.15, 0.2) is 36.4 Å². The standard InChI is InChI=1S/C15H13N5O4/c1-9-3-2-4-12-15(9)18-14(17-12)8-16-11-6-5-10(19(21)22)7-13(11)20(23)24/h2-7,16H,8H2,1H3,(H,17,18). The molecule has 24 heavy (non-hydrogen) atoms. The summed E-state index contributed by atoms with van der Waals surface area (Å²) >= 11 is 0. The second kappa shape index (κ2) is 5.95. The summed E-state index contributed by atoms with van der Waals surface area (Å²) < 4.78 is 0. The summed E-state index contributed by atoms with van der Waals surface area (Å²) in [6, 6.07) is 9.23. The summed E-state index contributed by atoms with van der Waals surface area (Å²) in [6.07, 6.45) is 0. The number of imidazole rings is 1. The minimum absolute atomic E-state index is 0.197. The van der Waals surface area contributed by atoms with Crippen molar-refractivity contribution in [2.45, 2.75) is 13.5 Å². The monoisotopic (exact) mass is 327 g/mol. The van der Waals surface area contributed by atoms with Crippen molar-refractivity contribution in [3.8, 4) is 0 Å². The van der Waals surface area contributed by atoms with Gasteiger partial charge in [0.25, 0.3) is 11.4 Å². The van der Waals surface area contributed by atoms with Crippen molar-refractivity contribution < 1.29 is 9.85 Å². The van der Waals surface area contributed by atoms with Crippen molar-refractivity contribution in [1.82, 2.24) is 9.97 Å². The highest BCUT2D eigenvalue weighted by Crippen LogP contribution is 2.29. The molecule has 0 radical (unpaired) electrons. The Kier molecular flexibility index (Phi) is 3.82. The quantitative estimate of drug-likeness (QED) is 0.546. The number of fused-ring (bicyclic) bond motifs is 1. The smallest absolute Gasteiger partial charge is 0.299 e. The fourth-order valence-corrected chi connectivity index (χ4v) is 2.42. The van der Waals surface area contributed by atoms with Gasteiger partial charge in [0.2, 0.25) is 0 Å². The van der Waals surface area contributed by atoms with Crippen LogP contribution in [0.5, 0.6) is 0 Å². The highest BCUT2D eigenvalue weighted by Gasteiger charge is 2.19. The number of nitrogens with zero attached hydrogens (tertiary/aromatic N) is 3. The fourth-order valence-electron chi connectivity index (χ4n) is 2.42. The summed E-state index contributed by atoms with van der Waals surface area (Å²) in [6.45, 7) is 2.17. The highest BCUT2D eigenvalue weighted by molar-refractivity contribution is 5.78. The van der Waals surface area contributed by atoms with Gasteiger partial charge in [-0.25, -0.2) is 4.98 Å². The molecule has 1 heterocycles. The van der Waals surface area contributed by atoms with Gasteiger partial charge in [0.05, 0.1) is 33.5 Å². The number of nitrogens with one attached hydrogen (secondary N) is 2. The maximum Gasteiger partial charge on any atom is 0.299 e. The third-order valence-electron chi connectivity index (χ3n) is 3.60. The van der Waals surface area contributed by atoms with E-state index in [9.17, 15) is 20.2 Å². The summed E-state index contributed by atoms with van der Waals surface area (Å²) in [5.41, 5.74) is 2.26. The van der Waals surface area contributed by atoms with E-state index >= 15 is 0 Å². The van der Waals surface area contributed by atoms with Crippen molar-refractivity contribution in [3.63, 3.8) is 0 Å². The van der Waals surface area contributed by atoms with Crippen molar-refractivity contribution in [2.24, 2.45) is 0 Å². The van der Waals surface area contributed by atoms with E-state index in [4.69, 9.17) is 0 Å². The van der Waals surface area contributed by atoms with Gasteiger partial charge in [-0.3, -0.25) is 20.2 Å². The number of hydrogen-bond donors (Lipinski definition) is 2. The lowest BCUT2D eigenvalue weighted by Gasteiger charge is -2.05. The molecule has 0 aliphatic rings. The van der Waals surface area contributed by atoms with Crippen LogP contribution in [0.4, 0.5) is 17.1 Å². The Morgan fingerprint density at radius 1 is 1.17 bits per heavy atom. The van der Waals surface area contributed by atoms with E-state index in [-0.39, 0.29) is 23.6 Å². The molecule has 1 aromatic heterocycles. The first-order valence-corrected chi connectivity index (χ1v) is 7.06. The number of benzene rings is 2. The second-order valence-corrected chi connectivity index (χ2v) is 5.22. The van der Waals surface area contributed by atoms with Crippen LogP contribution in [-0.4, -0.2) is 19.8 Å². The van der Waals surface area contributed by atoms with E-state index < -0.39 is 9.85 Å². The summed E-state index contributed by atoms with van der Waals surface area (Å²) in [5.74, 6) is 0.618. The van der Waals surface area contributed by atoms with Gasteiger partial charge >= 0.3 is 0 Å². The largest absolute Gasteiger partial charge is 0.372 e. The molecule has 3 aromatic rings. The Hall–Kier alpha value is -3.49. The Bertz CT molecular complexity index is 950. The van der Waals surface area contributed by atoms with Crippen LogP contribution in [0.3, 0.4) is 0 Å². The van der Waals surface area contributed by atoms with Gasteiger partial charge < -0.3 is 10.3 Å². The molecule has 2 aromatic carbocycles. The third kappa shape index (κ3) is 2.86. The Morgan fingerprint density at radius 3 is 2.62 bits per heavy atom. The molecule has 3 rings (SSSR count). The summed E-state index contributed by atoms with van der Waals surface area (Å²) in [5, 5.41) is 24.8. The minimum atomic E-state index is -0.668. The molecule has 0 atom stereocenters. The number of nitro benzene ring substituents is 2. The van der Waals surface area contributed by atoms with Crippen LogP contribution in [0.2, 0.25) is 0 Å². The predicted molar refractivity (Wildman–Crippen MR) is 87.9 cm³/mol. The molecule has 0 fully saturated rings. The molecule has 0 saturated carbocycles. The molecular weight excluding hydrogens is 314 g/mol. The lowest BCUT2D eigenvalue weighted by molar-refractivity contribution is -0.393. The SMILES string of the molecule is Cc1cccc2[nH]c(CNc3ccc([N+](=O)[O-])cc3[N+](=O)[O-])nc12. The molecule has 0 aliphatic heterocycles. The van der Waals surface area contributed by atoms with E-state index in [2.05, 4.69) is 15.3 Å². The lowest BCUT2D eigenvalue weighted by Crippen LogP contribution is -2.04. The number of non-ortho nitro benzene ring substituents is 1. The van der Waals surface area contributed by atoms with Gasteiger partial charge in [0.1, 0.15) is 11.5 Å². The summed E-state index contributed by atoms with van der Waals surface area (Å²) in [4.78, 5) is 28.1. The molecule has 0 saturated heterocycles. The molecule has 0 aliphatic carbocycles. The number of nitro groups is 2. The molecule has 0 spiro atoms. The van der Waals surface area contributed by atoms with Gasteiger partial charge in [-0.2, -0.15) is 0 Å². The Morgan fingerprint density at radius 2 is 1.96 bits per heavy atom. The van der Waals surface area contributed by atoms with E-state index in [1.807, 2.05) is 25.1 Å². The van der Waals surface area contributed by atoms with Crippen molar-refractivity contribution in [2.75, 3.05) is 5.32 Å². The van der Waals surface area contributed by atoms with Crippen molar-refractivity contribution in [1.29, 1.82) is 0 Å². The van der Waals surface area contributed by atoms with E-state index in [1.165, 1.54) is 12.1 Å². The number of hydrogen-bond acceptors (Lipinski definition) is 6. The Labute approximate surface area is 135 Å². The summed E-state index contributed by atoms with van der Waals surface area (Å²) in [7, 11) is 0. The zero-order valence-electron chi connectivity index (χ0n) is 12.6. The van der Waals surface area contributed by atoms with Gasteiger partial charge in [-0.1, -0.05) is 12.1 Å². The van der Waals surface area contributed by atoms with Crippen LogP contribution < -0.4 is 5.32 Å². The number of para-hydroxylation sites is 1.